The van der Waals surface area contributed by atoms with Gasteiger partial charge >= 0.3 is 0 Å². The van der Waals surface area contributed by atoms with Crippen molar-refractivity contribution in [2.75, 3.05) is 19.6 Å². The number of nitriles is 1. The Hall–Kier alpha value is -1.44. The Bertz CT molecular complexity index is 439. The second kappa shape index (κ2) is 5.26. The Morgan fingerprint density at radius 1 is 1.59 bits per heavy atom. The standard InChI is InChI=1S/C13H16FN3/c1-10-8-16-4-5-17(10)9-11-2-3-13(14)12(6-11)7-15/h2-3,6,10,16H,4-5,8-9H2,1H3. The van der Waals surface area contributed by atoms with Crippen LogP contribution in [0.3, 0.4) is 0 Å². The zero-order valence-electron chi connectivity index (χ0n) is 9.91. The molecule has 1 N–H and O–H groups in total. The van der Waals surface area contributed by atoms with Crippen molar-refractivity contribution in [1.82, 2.24) is 10.2 Å². The smallest absolute Gasteiger partial charge is 0.140 e. The topological polar surface area (TPSA) is 39.1 Å². The highest BCUT2D eigenvalue weighted by Gasteiger charge is 2.18. The molecule has 0 radical (unpaired) electrons. The lowest BCUT2D eigenvalue weighted by Crippen LogP contribution is -2.49. The SMILES string of the molecule is CC1CNCCN1Cc1ccc(F)c(C#N)c1. The molecule has 0 bridgehead atoms. The molecule has 0 saturated carbocycles. The number of hydrogen-bond donors (Lipinski definition) is 1. The van der Waals surface area contributed by atoms with Gasteiger partial charge in [-0.2, -0.15) is 5.26 Å². The molecule has 1 atom stereocenters. The molecule has 1 aromatic rings. The molecule has 1 fully saturated rings. The Labute approximate surface area is 101 Å². The number of nitrogens with one attached hydrogen (secondary N) is 1. The van der Waals surface area contributed by atoms with Crippen LogP contribution in [0.1, 0.15) is 18.1 Å². The molecule has 1 unspecified atom stereocenters. The Morgan fingerprint density at radius 3 is 3.12 bits per heavy atom. The van der Waals surface area contributed by atoms with E-state index in [0.717, 1.165) is 31.7 Å². The summed E-state index contributed by atoms with van der Waals surface area (Å²) in [6.45, 7) is 5.89. The van der Waals surface area contributed by atoms with Crippen molar-refractivity contribution in [3.63, 3.8) is 0 Å². The van der Waals surface area contributed by atoms with Gasteiger partial charge < -0.3 is 5.32 Å². The van der Waals surface area contributed by atoms with Gasteiger partial charge in [0.2, 0.25) is 0 Å². The van der Waals surface area contributed by atoms with Crippen molar-refractivity contribution >= 4 is 0 Å². The number of hydrogen-bond acceptors (Lipinski definition) is 3. The summed E-state index contributed by atoms with van der Waals surface area (Å²) in [7, 11) is 0. The first kappa shape index (κ1) is 12.0. The van der Waals surface area contributed by atoms with E-state index in [9.17, 15) is 4.39 Å². The van der Waals surface area contributed by atoms with Crippen molar-refractivity contribution in [3.05, 3.63) is 35.1 Å². The number of benzene rings is 1. The minimum absolute atomic E-state index is 0.130. The summed E-state index contributed by atoms with van der Waals surface area (Å²) in [5.41, 5.74) is 1.13. The molecular formula is C13H16FN3. The van der Waals surface area contributed by atoms with Gasteiger partial charge in [-0.1, -0.05) is 6.07 Å². The van der Waals surface area contributed by atoms with Crippen molar-refractivity contribution < 1.29 is 4.39 Å². The molecule has 0 amide bonds. The molecule has 0 aliphatic carbocycles. The van der Waals surface area contributed by atoms with E-state index in [1.165, 1.54) is 6.07 Å². The largest absolute Gasteiger partial charge is 0.314 e. The lowest BCUT2D eigenvalue weighted by molar-refractivity contribution is 0.165. The quantitative estimate of drug-likeness (QED) is 0.841. The molecule has 1 heterocycles. The van der Waals surface area contributed by atoms with Crippen LogP contribution >= 0.6 is 0 Å². The summed E-state index contributed by atoms with van der Waals surface area (Å²) >= 11 is 0. The Morgan fingerprint density at radius 2 is 2.41 bits per heavy atom. The van der Waals surface area contributed by atoms with Gasteiger partial charge in [-0.15, -0.1) is 0 Å². The van der Waals surface area contributed by atoms with Crippen LogP contribution in [0.15, 0.2) is 18.2 Å². The van der Waals surface area contributed by atoms with Gasteiger partial charge in [-0.05, 0) is 24.6 Å². The highest BCUT2D eigenvalue weighted by molar-refractivity contribution is 5.34. The number of nitrogens with zero attached hydrogens (tertiary/aromatic N) is 2. The van der Waals surface area contributed by atoms with Crippen molar-refractivity contribution in [2.45, 2.75) is 19.5 Å². The third-order valence-corrected chi connectivity index (χ3v) is 3.18. The first-order chi connectivity index (χ1) is 8.20. The van der Waals surface area contributed by atoms with E-state index in [4.69, 9.17) is 5.26 Å². The molecule has 2 rings (SSSR count). The van der Waals surface area contributed by atoms with Gasteiger partial charge in [-0.25, -0.2) is 4.39 Å². The van der Waals surface area contributed by atoms with Crippen LogP contribution in [0.4, 0.5) is 4.39 Å². The van der Waals surface area contributed by atoms with E-state index >= 15 is 0 Å². The van der Waals surface area contributed by atoms with E-state index in [1.807, 2.05) is 6.07 Å². The maximum atomic E-state index is 13.2. The van der Waals surface area contributed by atoms with Crippen LogP contribution in [-0.2, 0) is 6.54 Å². The molecule has 1 aliphatic rings. The van der Waals surface area contributed by atoms with Gasteiger partial charge in [0.25, 0.3) is 0 Å². The predicted molar refractivity (Wildman–Crippen MR) is 63.9 cm³/mol. The molecule has 1 aromatic carbocycles. The van der Waals surface area contributed by atoms with Crippen LogP contribution in [-0.4, -0.2) is 30.6 Å². The molecule has 0 spiro atoms. The molecule has 0 aromatic heterocycles. The Balaban J connectivity index is 2.10. The lowest BCUT2D eigenvalue weighted by atomic mass is 10.1. The second-order valence-corrected chi connectivity index (χ2v) is 4.45. The third kappa shape index (κ3) is 2.82. The summed E-state index contributed by atoms with van der Waals surface area (Å²) in [6.07, 6.45) is 0. The van der Waals surface area contributed by atoms with Gasteiger partial charge in [0.15, 0.2) is 0 Å². The highest BCUT2D eigenvalue weighted by atomic mass is 19.1. The zero-order chi connectivity index (χ0) is 12.3. The van der Waals surface area contributed by atoms with E-state index < -0.39 is 5.82 Å². The van der Waals surface area contributed by atoms with E-state index in [2.05, 4.69) is 17.1 Å². The monoisotopic (exact) mass is 233 g/mol. The highest BCUT2D eigenvalue weighted by Crippen LogP contribution is 2.14. The van der Waals surface area contributed by atoms with Gasteiger partial charge in [-0.3, -0.25) is 4.90 Å². The Kier molecular flexibility index (Phi) is 3.72. The number of rotatable bonds is 2. The van der Waals surface area contributed by atoms with Gasteiger partial charge in [0.1, 0.15) is 11.9 Å². The first-order valence-corrected chi connectivity index (χ1v) is 5.84. The maximum Gasteiger partial charge on any atom is 0.140 e. The first-order valence-electron chi connectivity index (χ1n) is 5.84. The van der Waals surface area contributed by atoms with E-state index in [0.29, 0.717) is 6.04 Å². The summed E-state index contributed by atoms with van der Waals surface area (Å²) in [6, 6.07) is 7.12. The van der Waals surface area contributed by atoms with Crippen LogP contribution in [0.2, 0.25) is 0 Å². The van der Waals surface area contributed by atoms with Gasteiger partial charge in [0.05, 0.1) is 5.56 Å². The van der Waals surface area contributed by atoms with E-state index in [1.54, 1.807) is 12.1 Å². The average Bonchev–Trinajstić information content (AvgIpc) is 2.34. The van der Waals surface area contributed by atoms with Crippen LogP contribution in [0.5, 0.6) is 0 Å². The fourth-order valence-electron chi connectivity index (χ4n) is 2.11. The minimum atomic E-state index is -0.440. The van der Waals surface area contributed by atoms with Crippen LogP contribution in [0.25, 0.3) is 0 Å². The van der Waals surface area contributed by atoms with Crippen molar-refractivity contribution in [2.24, 2.45) is 0 Å². The second-order valence-electron chi connectivity index (χ2n) is 4.45. The zero-order valence-corrected chi connectivity index (χ0v) is 9.91. The van der Waals surface area contributed by atoms with Gasteiger partial charge in [0, 0.05) is 32.2 Å². The number of piperazine rings is 1. The summed E-state index contributed by atoms with van der Waals surface area (Å²) in [5, 5.41) is 12.1. The molecule has 4 heteroatoms. The predicted octanol–water partition coefficient (Wildman–Crippen LogP) is 1.49. The molecule has 3 nitrogen and oxygen atoms in total. The van der Waals surface area contributed by atoms with Crippen molar-refractivity contribution in [1.29, 1.82) is 5.26 Å². The van der Waals surface area contributed by atoms with Crippen LogP contribution < -0.4 is 5.32 Å². The normalized spacial score (nSPS) is 21.1. The fourth-order valence-corrected chi connectivity index (χ4v) is 2.11. The molecule has 17 heavy (non-hydrogen) atoms. The molecule has 90 valence electrons. The van der Waals surface area contributed by atoms with Crippen molar-refractivity contribution in [3.8, 4) is 6.07 Å². The maximum absolute atomic E-state index is 13.2. The third-order valence-electron chi connectivity index (χ3n) is 3.18. The molecule has 1 saturated heterocycles. The lowest BCUT2D eigenvalue weighted by Gasteiger charge is -2.33. The fraction of sp³-hybridized carbons (Fsp3) is 0.462. The summed E-state index contributed by atoms with van der Waals surface area (Å²) < 4.78 is 13.2. The molecule has 1 aliphatic heterocycles. The van der Waals surface area contributed by atoms with E-state index in [-0.39, 0.29) is 5.56 Å². The molecular weight excluding hydrogens is 217 g/mol. The average molecular weight is 233 g/mol. The summed E-state index contributed by atoms with van der Waals surface area (Å²) in [4.78, 5) is 2.34. The summed E-state index contributed by atoms with van der Waals surface area (Å²) in [5.74, 6) is -0.440. The minimum Gasteiger partial charge on any atom is -0.314 e. The number of halogens is 1. The van der Waals surface area contributed by atoms with Crippen LogP contribution in [0, 0.1) is 17.1 Å².